The van der Waals surface area contributed by atoms with Crippen molar-refractivity contribution in [3.05, 3.63) is 88.0 Å². The van der Waals surface area contributed by atoms with Crippen LogP contribution in [0.5, 0.6) is 0 Å². The van der Waals surface area contributed by atoms with E-state index in [1.165, 1.54) is 24.3 Å². The standard InChI is InChI=1S/C23H21NO6/c1-23-12-11-18(25)13-20(23)19(21(30-23)15-5-3-2-4-6-15)14-29-22(26)16-7-9-17(10-8-16)24(27)28/h2-12,19-21H,13-14H2,1H3/t19-,20-,21-,23-/m1/s1. The Morgan fingerprint density at radius 2 is 1.90 bits per heavy atom. The highest BCUT2D eigenvalue weighted by atomic mass is 16.6. The Balaban J connectivity index is 1.55. The zero-order chi connectivity index (χ0) is 21.3. The molecule has 7 nitrogen and oxygen atoms in total. The van der Waals surface area contributed by atoms with Gasteiger partial charge in [-0.15, -0.1) is 0 Å². The van der Waals surface area contributed by atoms with E-state index in [0.29, 0.717) is 6.42 Å². The number of non-ortho nitro benzene ring substituents is 1. The summed E-state index contributed by atoms with van der Waals surface area (Å²) in [5.74, 6) is -0.859. The summed E-state index contributed by atoms with van der Waals surface area (Å²) >= 11 is 0. The van der Waals surface area contributed by atoms with Crippen LogP contribution in [0.2, 0.25) is 0 Å². The molecule has 0 radical (unpaired) electrons. The SMILES string of the molecule is C[C@@]12C=CC(=O)C[C@@H]1[C@@H](COC(=O)c1ccc([N+](=O)[O-])cc1)[C@@H](c1ccccc1)O2. The van der Waals surface area contributed by atoms with E-state index in [1.54, 1.807) is 12.2 Å². The van der Waals surface area contributed by atoms with Gasteiger partial charge >= 0.3 is 5.97 Å². The Kier molecular flexibility index (Phi) is 5.22. The van der Waals surface area contributed by atoms with Gasteiger partial charge in [0.1, 0.15) is 0 Å². The number of rotatable bonds is 5. The number of carbonyl (C=O) groups is 2. The molecular formula is C23H21NO6. The molecule has 1 fully saturated rings. The highest BCUT2D eigenvalue weighted by Crippen LogP contribution is 2.51. The highest BCUT2D eigenvalue weighted by molar-refractivity contribution is 5.91. The Morgan fingerprint density at radius 1 is 1.20 bits per heavy atom. The van der Waals surface area contributed by atoms with Crippen LogP contribution in [0, 0.1) is 22.0 Å². The summed E-state index contributed by atoms with van der Waals surface area (Å²) in [6, 6.07) is 15.0. The molecule has 1 aliphatic heterocycles. The molecule has 2 aromatic carbocycles. The Labute approximate surface area is 173 Å². The minimum Gasteiger partial charge on any atom is -0.462 e. The maximum Gasteiger partial charge on any atom is 0.338 e. The average Bonchev–Trinajstić information content (AvgIpc) is 3.05. The number of allylic oxidation sites excluding steroid dienone is 1. The van der Waals surface area contributed by atoms with Gasteiger partial charge in [-0.2, -0.15) is 0 Å². The summed E-state index contributed by atoms with van der Waals surface area (Å²) in [7, 11) is 0. The molecule has 0 N–H and O–H groups in total. The molecule has 0 bridgehead atoms. The largest absolute Gasteiger partial charge is 0.462 e. The van der Waals surface area contributed by atoms with Crippen LogP contribution in [0.25, 0.3) is 0 Å². The second-order valence-electron chi connectivity index (χ2n) is 7.81. The molecule has 0 spiro atoms. The Hall–Kier alpha value is -3.32. The lowest BCUT2D eigenvalue weighted by molar-refractivity contribution is -0.384. The van der Waals surface area contributed by atoms with Gasteiger partial charge in [-0.3, -0.25) is 14.9 Å². The summed E-state index contributed by atoms with van der Waals surface area (Å²) in [6.07, 6.45) is 3.37. The fraction of sp³-hybridized carbons (Fsp3) is 0.304. The molecule has 2 aromatic rings. The first-order chi connectivity index (χ1) is 14.4. The number of carbonyl (C=O) groups excluding carboxylic acids is 2. The van der Waals surface area contributed by atoms with Gasteiger partial charge in [0.2, 0.25) is 0 Å². The van der Waals surface area contributed by atoms with Crippen molar-refractivity contribution in [2.75, 3.05) is 6.61 Å². The van der Waals surface area contributed by atoms with Crippen molar-refractivity contribution >= 4 is 17.4 Å². The van der Waals surface area contributed by atoms with Crippen molar-refractivity contribution in [2.24, 2.45) is 11.8 Å². The van der Waals surface area contributed by atoms with Gasteiger partial charge in [0, 0.05) is 30.4 Å². The zero-order valence-corrected chi connectivity index (χ0v) is 16.4. The average molecular weight is 407 g/mol. The minimum atomic E-state index is -0.612. The summed E-state index contributed by atoms with van der Waals surface area (Å²) in [5, 5.41) is 10.8. The summed E-state index contributed by atoms with van der Waals surface area (Å²) < 4.78 is 11.9. The minimum absolute atomic E-state index is 0.0292. The molecule has 4 rings (SSSR count). The maximum atomic E-state index is 12.5. The maximum absolute atomic E-state index is 12.5. The molecular weight excluding hydrogens is 386 g/mol. The van der Waals surface area contributed by atoms with Crippen LogP contribution in [0.1, 0.15) is 35.4 Å². The van der Waals surface area contributed by atoms with Crippen molar-refractivity contribution in [1.82, 2.24) is 0 Å². The van der Waals surface area contributed by atoms with E-state index in [4.69, 9.17) is 9.47 Å². The third-order valence-electron chi connectivity index (χ3n) is 5.89. The Bertz CT molecular complexity index is 1000. The normalized spacial score (nSPS) is 27.5. The van der Waals surface area contributed by atoms with Gasteiger partial charge in [-0.05, 0) is 36.8 Å². The van der Waals surface area contributed by atoms with Crippen molar-refractivity contribution in [2.45, 2.75) is 25.0 Å². The van der Waals surface area contributed by atoms with E-state index in [0.717, 1.165) is 5.56 Å². The molecule has 0 saturated carbocycles. The van der Waals surface area contributed by atoms with Gasteiger partial charge in [-0.1, -0.05) is 30.3 Å². The molecule has 154 valence electrons. The van der Waals surface area contributed by atoms with E-state index >= 15 is 0 Å². The molecule has 4 atom stereocenters. The van der Waals surface area contributed by atoms with Gasteiger partial charge < -0.3 is 9.47 Å². The number of nitro groups is 1. The summed E-state index contributed by atoms with van der Waals surface area (Å²) in [5.41, 5.74) is 0.491. The molecule has 1 heterocycles. The number of ketones is 1. The van der Waals surface area contributed by atoms with Gasteiger partial charge in [0.05, 0.1) is 28.8 Å². The second-order valence-corrected chi connectivity index (χ2v) is 7.81. The third-order valence-corrected chi connectivity index (χ3v) is 5.89. The summed E-state index contributed by atoms with van der Waals surface area (Å²) in [4.78, 5) is 34.9. The van der Waals surface area contributed by atoms with Gasteiger partial charge in [-0.25, -0.2) is 4.79 Å². The fourth-order valence-electron chi connectivity index (χ4n) is 4.28. The van der Waals surface area contributed by atoms with Crippen molar-refractivity contribution in [3.63, 3.8) is 0 Å². The monoisotopic (exact) mass is 407 g/mol. The molecule has 0 aromatic heterocycles. The lowest BCUT2D eigenvalue weighted by Gasteiger charge is -2.31. The van der Waals surface area contributed by atoms with Crippen LogP contribution in [0.4, 0.5) is 5.69 Å². The smallest absolute Gasteiger partial charge is 0.338 e. The van der Waals surface area contributed by atoms with Crippen LogP contribution in [-0.4, -0.2) is 28.9 Å². The molecule has 0 amide bonds. The molecule has 1 saturated heterocycles. The first kappa shape index (κ1) is 20.0. The first-order valence-electron chi connectivity index (χ1n) is 9.74. The van der Waals surface area contributed by atoms with Crippen molar-refractivity contribution in [1.29, 1.82) is 0 Å². The van der Waals surface area contributed by atoms with E-state index in [1.807, 2.05) is 37.3 Å². The quantitative estimate of drug-likeness (QED) is 0.422. The number of hydrogen-bond acceptors (Lipinski definition) is 6. The Morgan fingerprint density at radius 3 is 2.57 bits per heavy atom. The van der Waals surface area contributed by atoms with Crippen LogP contribution >= 0.6 is 0 Å². The van der Waals surface area contributed by atoms with Gasteiger partial charge in [0.15, 0.2) is 5.78 Å². The van der Waals surface area contributed by atoms with Crippen LogP contribution in [-0.2, 0) is 14.3 Å². The lowest BCUT2D eigenvalue weighted by atomic mass is 9.74. The lowest BCUT2D eigenvalue weighted by Crippen LogP contribution is -2.37. The van der Waals surface area contributed by atoms with E-state index < -0.39 is 16.5 Å². The predicted octanol–water partition coefficient (Wildman–Crippen LogP) is 4.04. The summed E-state index contributed by atoms with van der Waals surface area (Å²) in [6.45, 7) is 2.03. The predicted molar refractivity (Wildman–Crippen MR) is 108 cm³/mol. The zero-order valence-electron chi connectivity index (χ0n) is 16.4. The number of nitrogens with zero attached hydrogens (tertiary/aromatic N) is 1. The number of ether oxygens (including phenoxy) is 2. The molecule has 2 aliphatic rings. The van der Waals surface area contributed by atoms with E-state index in [2.05, 4.69) is 0 Å². The number of hydrogen-bond donors (Lipinski definition) is 0. The van der Waals surface area contributed by atoms with Crippen LogP contribution < -0.4 is 0 Å². The van der Waals surface area contributed by atoms with Crippen molar-refractivity contribution in [3.8, 4) is 0 Å². The molecule has 7 heteroatoms. The number of benzene rings is 2. The topological polar surface area (TPSA) is 95.7 Å². The molecule has 1 aliphatic carbocycles. The van der Waals surface area contributed by atoms with Crippen molar-refractivity contribution < 1.29 is 24.0 Å². The number of esters is 1. The van der Waals surface area contributed by atoms with E-state index in [9.17, 15) is 19.7 Å². The van der Waals surface area contributed by atoms with E-state index in [-0.39, 0.29) is 41.6 Å². The van der Waals surface area contributed by atoms with Gasteiger partial charge in [0.25, 0.3) is 5.69 Å². The fourth-order valence-corrected chi connectivity index (χ4v) is 4.28. The molecule has 30 heavy (non-hydrogen) atoms. The second kappa shape index (κ2) is 7.84. The first-order valence-corrected chi connectivity index (χ1v) is 9.74. The highest BCUT2D eigenvalue weighted by Gasteiger charge is 2.53. The van der Waals surface area contributed by atoms with Crippen LogP contribution in [0.15, 0.2) is 66.7 Å². The number of nitro benzene ring substituents is 1. The van der Waals surface area contributed by atoms with Crippen LogP contribution in [0.3, 0.4) is 0 Å². The molecule has 0 unspecified atom stereocenters. The number of fused-ring (bicyclic) bond motifs is 1. The third kappa shape index (κ3) is 3.76.